The molecular formula is C27H34N4O2S. The number of hydrogen-bond donors (Lipinski definition) is 0. The molecule has 2 aromatic heterocycles. The van der Waals surface area contributed by atoms with Gasteiger partial charge in [0.25, 0.3) is 5.91 Å². The number of methoxy groups -OCH3 is 1. The van der Waals surface area contributed by atoms with Crippen molar-refractivity contribution in [1.29, 1.82) is 0 Å². The fourth-order valence-corrected chi connectivity index (χ4v) is 6.47. The van der Waals surface area contributed by atoms with Gasteiger partial charge in [-0.1, -0.05) is 32.9 Å². The summed E-state index contributed by atoms with van der Waals surface area (Å²) in [6.07, 6.45) is 4.51. The Morgan fingerprint density at radius 1 is 1.21 bits per heavy atom. The lowest BCUT2D eigenvalue weighted by Crippen LogP contribution is -2.49. The topological polar surface area (TPSA) is 58.6 Å². The molecule has 0 bridgehead atoms. The largest absolute Gasteiger partial charge is 0.496 e. The van der Waals surface area contributed by atoms with Crippen molar-refractivity contribution in [3.63, 3.8) is 0 Å². The molecule has 1 aromatic carbocycles. The number of nitrogens with zero attached hydrogens (tertiary/aromatic N) is 4. The van der Waals surface area contributed by atoms with Crippen LogP contribution < -0.4 is 9.64 Å². The van der Waals surface area contributed by atoms with Gasteiger partial charge in [-0.15, -0.1) is 11.3 Å². The third-order valence-electron chi connectivity index (χ3n) is 7.41. The van der Waals surface area contributed by atoms with Gasteiger partial charge in [0.05, 0.1) is 18.1 Å². The second kappa shape index (κ2) is 9.53. The molecule has 7 heteroatoms. The molecule has 5 rings (SSSR count). The lowest BCUT2D eigenvalue weighted by Gasteiger charge is -2.36. The van der Waals surface area contributed by atoms with E-state index >= 15 is 0 Å². The van der Waals surface area contributed by atoms with Crippen LogP contribution in [0.5, 0.6) is 5.75 Å². The molecule has 3 heterocycles. The van der Waals surface area contributed by atoms with E-state index in [1.807, 2.05) is 40.5 Å². The number of piperazine rings is 1. The Kier molecular flexibility index (Phi) is 6.47. The number of fused-ring (bicyclic) bond motifs is 3. The van der Waals surface area contributed by atoms with Crippen LogP contribution in [0.25, 0.3) is 10.2 Å². The smallest absolute Gasteiger partial charge is 0.257 e. The molecule has 1 fully saturated rings. The molecule has 2 atom stereocenters. The van der Waals surface area contributed by atoms with Gasteiger partial charge in [0.15, 0.2) is 0 Å². The van der Waals surface area contributed by atoms with Gasteiger partial charge in [-0.2, -0.15) is 0 Å². The lowest BCUT2D eigenvalue weighted by atomic mass is 9.89. The number of aromatic nitrogens is 2. The lowest BCUT2D eigenvalue weighted by molar-refractivity contribution is 0.0743. The molecule has 2 aliphatic rings. The maximum atomic E-state index is 13.2. The number of carbonyl (C=O) groups excluding carboxylic acids is 1. The van der Waals surface area contributed by atoms with Crippen LogP contribution >= 0.6 is 11.3 Å². The van der Waals surface area contributed by atoms with Gasteiger partial charge in [-0.25, -0.2) is 9.97 Å². The van der Waals surface area contributed by atoms with Gasteiger partial charge < -0.3 is 14.5 Å². The Hall–Kier alpha value is -2.67. The van der Waals surface area contributed by atoms with Gasteiger partial charge in [-0.05, 0) is 49.3 Å². The predicted molar refractivity (Wildman–Crippen MR) is 138 cm³/mol. The van der Waals surface area contributed by atoms with Crippen LogP contribution in [0.1, 0.15) is 66.2 Å². The number of thiophene rings is 1. The van der Waals surface area contributed by atoms with Crippen LogP contribution in [0.4, 0.5) is 5.82 Å². The van der Waals surface area contributed by atoms with Gasteiger partial charge in [0, 0.05) is 37.0 Å². The number of aryl methyl sites for hydroxylation is 1. The molecule has 3 aromatic rings. The summed E-state index contributed by atoms with van der Waals surface area (Å²) >= 11 is 1.87. The number of para-hydroxylation sites is 1. The van der Waals surface area contributed by atoms with Crippen LogP contribution in [0.3, 0.4) is 0 Å². The van der Waals surface area contributed by atoms with E-state index in [1.54, 1.807) is 7.11 Å². The van der Waals surface area contributed by atoms with Crippen LogP contribution in [0.15, 0.2) is 24.3 Å². The molecule has 0 spiro atoms. The summed E-state index contributed by atoms with van der Waals surface area (Å²) in [6.45, 7) is 9.64. The van der Waals surface area contributed by atoms with Crippen molar-refractivity contribution in [3.8, 4) is 5.75 Å². The Morgan fingerprint density at radius 3 is 2.71 bits per heavy atom. The van der Waals surface area contributed by atoms with Crippen molar-refractivity contribution in [3.05, 3.63) is 46.1 Å². The van der Waals surface area contributed by atoms with Crippen LogP contribution in [0.2, 0.25) is 0 Å². The number of amides is 1. The number of ether oxygens (including phenoxy) is 1. The molecule has 6 nitrogen and oxygen atoms in total. The SMILES string of the molecule is CC[C@H](C)c1nc(N2CCN(C(=O)c3ccccc3OC)CC2)c2c3c(sc2n1)C[C@@H](C)CC3. The van der Waals surface area contributed by atoms with E-state index in [1.165, 1.54) is 22.2 Å². The summed E-state index contributed by atoms with van der Waals surface area (Å²) < 4.78 is 5.42. The highest BCUT2D eigenvalue weighted by molar-refractivity contribution is 7.19. The Bertz CT molecular complexity index is 1200. The number of hydrogen-bond acceptors (Lipinski definition) is 6. The number of rotatable bonds is 5. The molecule has 0 N–H and O–H groups in total. The fraction of sp³-hybridized carbons (Fsp3) is 0.519. The zero-order valence-electron chi connectivity index (χ0n) is 20.6. The first-order valence-electron chi connectivity index (χ1n) is 12.5. The standard InChI is InChI=1S/C27H34N4O2S/c1-5-18(3)24-28-25(23-20-11-10-17(2)16-22(20)34-26(23)29-24)30-12-14-31(15-13-30)27(32)19-8-6-7-9-21(19)33-4/h6-9,17-18H,5,10-16H2,1-4H3/t17-,18-/m0/s1. The minimum Gasteiger partial charge on any atom is -0.496 e. The van der Waals surface area contributed by atoms with Crippen LogP contribution in [-0.2, 0) is 12.8 Å². The third kappa shape index (κ3) is 4.15. The average molecular weight is 479 g/mol. The molecule has 0 saturated carbocycles. The maximum Gasteiger partial charge on any atom is 0.257 e. The van der Waals surface area contributed by atoms with Crippen molar-refractivity contribution in [2.24, 2.45) is 5.92 Å². The Balaban J connectivity index is 1.45. The van der Waals surface area contributed by atoms with Crippen LogP contribution in [-0.4, -0.2) is 54.1 Å². The first-order valence-corrected chi connectivity index (χ1v) is 13.3. The van der Waals surface area contributed by atoms with E-state index < -0.39 is 0 Å². The zero-order valence-corrected chi connectivity index (χ0v) is 21.5. The van der Waals surface area contributed by atoms with E-state index in [-0.39, 0.29) is 5.91 Å². The highest BCUT2D eigenvalue weighted by Gasteiger charge is 2.30. The van der Waals surface area contributed by atoms with Gasteiger partial charge in [0.2, 0.25) is 0 Å². The normalized spacial score (nSPS) is 19.2. The van der Waals surface area contributed by atoms with E-state index in [9.17, 15) is 4.79 Å². The first-order chi connectivity index (χ1) is 16.5. The second-order valence-electron chi connectivity index (χ2n) is 9.73. The molecule has 1 aliphatic carbocycles. The number of carbonyl (C=O) groups is 1. The van der Waals surface area contributed by atoms with E-state index in [0.29, 0.717) is 30.3 Å². The van der Waals surface area contributed by atoms with Crippen molar-refractivity contribution < 1.29 is 9.53 Å². The number of benzene rings is 1. The van der Waals surface area contributed by atoms with Gasteiger partial charge >= 0.3 is 0 Å². The summed E-state index contributed by atoms with van der Waals surface area (Å²) in [5, 5.41) is 1.27. The zero-order chi connectivity index (χ0) is 23.8. The van der Waals surface area contributed by atoms with Gasteiger partial charge in [-0.3, -0.25) is 4.79 Å². The first kappa shape index (κ1) is 23.1. The molecule has 1 aliphatic heterocycles. The van der Waals surface area contributed by atoms with E-state index in [0.717, 1.165) is 54.7 Å². The van der Waals surface area contributed by atoms with E-state index in [4.69, 9.17) is 14.7 Å². The Morgan fingerprint density at radius 2 is 1.97 bits per heavy atom. The molecular weight excluding hydrogens is 444 g/mol. The Labute approximate surface area is 206 Å². The second-order valence-corrected chi connectivity index (χ2v) is 10.8. The molecule has 0 radical (unpaired) electrons. The maximum absolute atomic E-state index is 13.2. The summed E-state index contributed by atoms with van der Waals surface area (Å²) in [7, 11) is 1.61. The van der Waals surface area contributed by atoms with Crippen molar-refractivity contribution >= 4 is 33.3 Å². The average Bonchev–Trinajstić information content (AvgIpc) is 3.24. The molecule has 34 heavy (non-hydrogen) atoms. The summed E-state index contributed by atoms with van der Waals surface area (Å²) in [6, 6.07) is 7.47. The molecule has 180 valence electrons. The summed E-state index contributed by atoms with van der Waals surface area (Å²) in [4.78, 5) is 30.3. The monoisotopic (exact) mass is 478 g/mol. The van der Waals surface area contributed by atoms with Crippen molar-refractivity contribution in [2.45, 2.75) is 52.4 Å². The van der Waals surface area contributed by atoms with Crippen LogP contribution in [0, 0.1) is 5.92 Å². The fourth-order valence-electron chi connectivity index (χ4n) is 5.08. The highest BCUT2D eigenvalue weighted by atomic mass is 32.1. The van der Waals surface area contributed by atoms with E-state index in [2.05, 4.69) is 25.7 Å². The van der Waals surface area contributed by atoms with Gasteiger partial charge in [0.1, 0.15) is 22.2 Å². The molecule has 1 amide bonds. The van der Waals surface area contributed by atoms with Crippen molar-refractivity contribution in [1.82, 2.24) is 14.9 Å². The minimum absolute atomic E-state index is 0.0344. The third-order valence-corrected chi connectivity index (χ3v) is 8.56. The van der Waals surface area contributed by atoms with Crippen molar-refractivity contribution in [2.75, 3.05) is 38.2 Å². The minimum atomic E-state index is 0.0344. The summed E-state index contributed by atoms with van der Waals surface area (Å²) in [5.41, 5.74) is 2.10. The quantitative estimate of drug-likeness (QED) is 0.498. The number of anilines is 1. The molecule has 1 saturated heterocycles. The summed E-state index contributed by atoms with van der Waals surface area (Å²) in [5.74, 6) is 3.75. The highest BCUT2D eigenvalue weighted by Crippen LogP contribution is 2.42. The predicted octanol–water partition coefficient (Wildman–Crippen LogP) is 5.30. The molecule has 0 unspecified atom stereocenters.